The Bertz CT molecular complexity index is 116. The molecule has 0 aromatic heterocycles. The van der Waals surface area contributed by atoms with Crippen molar-refractivity contribution in [1.29, 1.82) is 0 Å². The number of terminal acetylenes is 1. The second kappa shape index (κ2) is 6.28. The van der Waals surface area contributed by atoms with Crippen LogP contribution >= 0.6 is 0 Å². The molecule has 64 valence electrons. The fraction of sp³-hybridized carbons (Fsp3) is 0.818. The molecule has 0 aliphatic heterocycles. The summed E-state index contributed by atoms with van der Waals surface area (Å²) in [5, 5.41) is 0. The lowest BCUT2D eigenvalue weighted by atomic mass is 9.92. The molecule has 1 unspecified atom stereocenters. The van der Waals surface area contributed by atoms with E-state index in [2.05, 4.69) is 26.7 Å². The maximum atomic E-state index is 5.16. The fourth-order valence-electron chi connectivity index (χ4n) is 1.03. The molecule has 0 saturated carbocycles. The van der Waals surface area contributed by atoms with Crippen LogP contribution in [0.1, 0.15) is 46.5 Å². The molecule has 0 heterocycles. The molecule has 0 rings (SSSR count). The summed E-state index contributed by atoms with van der Waals surface area (Å²) in [6.45, 7) is 6.89. The van der Waals surface area contributed by atoms with Gasteiger partial charge in [0.15, 0.2) is 0 Å². The molecule has 0 radical (unpaired) electrons. The van der Waals surface area contributed by atoms with Gasteiger partial charge in [-0.1, -0.05) is 33.6 Å². The molecule has 0 aromatic rings. The highest BCUT2D eigenvalue weighted by Gasteiger charge is 2.05. The van der Waals surface area contributed by atoms with Crippen molar-refractivity contribution in [2.75, 3.05) is 0 Å². The largest absolute Gasteiger partial charge is 0.120 e. The van der Waals surface area contributed by atoms with Crippen LogP contribution in [0, 0.1) is 24.2 Å². The van der Waals surface area contributed by atoms with Gasteiger partial charge in [0.1, 0.15) is 0 Å². The van der Waals surface area contributed by atoms with Crippen LogP contribution in [-0.4, -0.2) is 0 Å². The van der Waals surface area contributed by atoms with Crippen molar-refractivity contribution in [2.24, 2.45) is 11.8 Å². The molecule has 0 aliphatic rings. The molecule has 0 bridgehead atoms. The van der Waals surface area contributed by atoms with E-state index >= 15 is 0 Å². The van der Waals surface area contributed by atoms with E-state index in [-0.39, 0.29) is 0 Å². The van der Waals surface area contributed by atoms with Crippen molar-refractivity contribution in [1.82, 2.24) is 0 Å². The van der Waals surface area contributed by atoms with E-state index in [4.69, 9.17) is 6.42 Å². The molecule has 11 heavy (non-hydrogen) atoms. The van der Waals surface area contributed by atoms with Gasteiger partial charge >= 0.3 is 0 Å². The van der Waals surface area contributed by atoms with Gasteiger partial charge in [-0.2, -0.15) is 0 Å². The maximum absolute atomic E-state index is 5.16. The van der Waals surface area contributed by atoms with Gasteiger partial charge in [-0.3, -0.25) is 0 Å². The molecule has 0 amide bonds. The Kier molecular flexibility index (Phi) is 6.03. The van der Waals surface area contributed by atoms with Gasteiger partial charge in [0.05, 0.1) is 0 Å². The Morgan fingerprint density at radius 2 is 1.82 bits per heavy atom. The SMILES string of the molecule is C#CCCCCC(C)C(C)C. The van der Waals surface area contributed by atoms with Crippen LogP contribution in [0.2, 0.25) is 0 Å². The maximum Gasteiger partial charge on any atom is 0.00860 e. The highest BCUT2D eigenvalue weighted by molar-refractivity contribution is 4.82. The molecule has 0 aliphatic carbocycles. The average Bonchev–Trinajstić information content (AvgIpc) is 1.97. The predicted octanol–water partition coefficient (Wildman–Crippen LogP) is 3.47. The number of unbranched alkanes of at least 4 members (excludes halogenated alkanes) is 2. The lowest BCUT2D eigenvalue weighted by Crippen LogP contribution is -2.02. The zero-order valence-electron chi connectivity index (χ0n) is 8.06. The highest BCUT2D eigenvalue weighted by Crippen LogP contribution is 2.17. The summed E-state index contributed by atoms with van der Waals surface area (Å²) >= 11 is 0. The first-order chi connectivity index (χ1) is 5.18. The van der Waals surface area contributed by atoms with Gasteiger partial charge < -0.3 is 0 Å². The summed E-state index contributed by atoms with van der Waals surface area (Å²) in [6, 6.07) is 0. The van der Waals surface area contributed by atoms with Crippen molar-refractivity contribution in [2.45, 2.75) is 46.5 Å². The van der Waals surface area contributed by atoms with Gasteiger partial charge in [0.25, 0.3) is 0 Å². The molecule has 0 heteroatoms. The quantitative estimate of drug-likeness (QED) is 0.418. The van der Waals surface area contributed by atoms with Gasteiger partial charge in [-0.15, -0.1) is 12.3 Å². The molecule has 0 nitrogen and oxygen atoms in total. The standard InChI is InChI=1S/C11H20/c1-5-6-7-8-9-11(4)10(2)3/h1,10-11H,6-9H2,2-4H3. The van der Waals surface area contributed by atoms with Crippen molar-refractivity contribution in [3.63, 3.8) is 0 Å². The minimum absolute atomic E-state index is 0.820. The van der Waals surface area contributed by atoms with Gasteiger partial charge in [-0.05, 0) is 18.3 Å². The number of hydrogen-bond donors (Lipinski definition) is 0. The smallest absolute Gasteiger partial charge is 0.00860 e. The minimum Gasteiger partial charge on any atom is -0.120 e. The highest BCUT2D eigenvalue weighted by atomic mass is 14.1. The summed E-state index contributed by atoms with van der Waals surface area (Å²) in [7, 11) is 0. The number of hydrogen-bond acceptors (Lipinski definition) is 0. The van der Waals surface area contributed by atoms with Crippen LogP contribution in [-0.2, 0) is 0 Å². The van der Waals surface area contributed by atoms with E-state index in [1.54, 1.807) is 0 Å². The van der Waals surface area contributed by atoms with Crippen molar-refractivity contribution >= 4 is 0 Å². The lowest BCUT2D eigenvalue weighted by Gasteiger charge is -2.14. The van der Waals surface area contributed by atoms with E-state index in [0.29, 0.717) is 0 Å². The van der Waals surface area contributed by atoms with Gasteiger partial charge in [0.2, 0.25) is 0 Å². The van der Waals surface area contributed by atoms with Gasteiger partial charge in [-0.25, -0.2) is 0 Å². The molecular formula is C11H20. The Hall–Kier alpha value is -0.440. The summed E-state index contributed by atoms with van der Waals surface area (Å²) in [4.78, 5) is 0. The van der Waals surface area contributed by atoms with E-state index in [1.807, 2.05) is 0 Å². The normalized spacial score (nSPS) is 13.0. The van der Waals surface area contributed by atoms with E-state index < -0.39 is 0 Å². The first-order valence-electron chi connectivity index (χ1n) is 4.62. The third-order valence-electron chi connectivity index (χ3n) is 2.37. The van der Waals surface area contributed by atoms with E-state index in [1.165, 1.54) is 19.3 Å². The Labute approximate surface area is 71.4 Å². The molecule has 1 atom stereocenters. The topological polar surface area (TPSA) is 0 Å². The van der Waals surface area contributed by atoms with Crippen molar-refractivity contribution in [3.05, 3.63) is 0 Å². The second-order valence-electron chi connectivity index (χ2n) is 3.67. The zero-order valence-corrected chi connectivity index (χ0v) is 8.06. The number of rotatable bonds is 5. The summed E-state index contributed by atoms with van der Waals surface area (Å²) < 4.78 is 0. The Morgan fingerprint density at radius 1 is 1.18 bits per heavy atom. The third kappa shape index (κ3) is 5.98. The monoisotopic (exact) mass is 152 g/mol. The zero-order chi connectivity index (χ0) is 8.69. The molecule has 0 spiro atoms. The fourth-order valence-corrected chi connectivity index (χ4v) is 1.03. The Balaban J connectivity index is 3.19. The first-order valence-corrected chi connectivity index (χ1v) is 4.62. The summed E-state index contributed by atoms with van der Waals surface area (Å²) in [5.41, 5.74) is 0. The first kappa shape index (κ1) is 10.6. The molecule has 0 fully saturated rings. The van der Waals surface area contributed by atoms with Crippen LogP contribution in [0.5, 0.6) is 0 Å². The van der Waals surface area contributed by atoms with Crippen molar-refractivity contribution < 1.29 is 0 Å². The predicted molar refractivity (Wildman–Crippen MR) is 51.3 cm³/mol. The second-order valence-corrected chi connectivity index (χ2v) is 3.67. The lowest BCUT2D eigenvalue weighted by molar-refractivity contribution is 0.379. The summed E-state index contributed by atoms with van der Waals surface area (Å²) in [6.07, 6.45) is 9.93. The van der Waals surface area contributed by atoms with Crippen LogP contribution in [0.15, 0.2) is 0 Å². The molecule has 0 saturated heterocycles. The van der Waals surface area contributed by atoms with Crippen LogP contribution in [0.25, 0.3) is 0 Å². The van der Waals surface area contributed by atoms with Crippen molar-refractivity contribution in [3.8, 4) is 12.3 Å². The van der Waals surface area contributed by atoms with Crippen LogP contribution < -0.4 is 0 Å². The van der Waals surface area contributed by atoms with E-state index in [9.17, 15) is 0 Å². The third-order valence-corrected chi connectivity index (χ3v) is 2.37. The van der Waals surface area contributed by atoms with Gasteiger partial charge in [0, 0.05) is 6.42 Å². The Morgan fingerprint density at radius 3 is 2.27 bits per heavy atom. The van der Waals surface area contributed by atoms with Crippen LogP contribution in [0.3, 0.4) is 0 Å². The molecular weight excluding hydrogens is 132 g/mol. The summed E-state index contributed by atoms with van der Waals surface area (Å²) in [5.74, 6) is 4.35. The average molecular weight is 152 g/mol. The molecule has 0 aromatic carbocycles. The molecule has 0 N–H and O–H groups in total. The van der Waals surface area contributed by atoms with Crippen LogP contribution in [0.4, 0.5) is 0 Å². The minimum atomic E-state index is 0.820. The van der Waals surface area contributed by atoms with E-state index in [0.717, 1.165) is 18.3 Å².